The van der Waals surface area contributed by atoms with E-state index in [0.717, 1.165) is 30.4 Å². The van der Waals surface area contributed by atoms with Crippen molar-refractivity contribution >= 4 is 17.7 Å². The fourth-order valence-electron chi connectivity index (χ4n) is 1.86. The van der Waals surface area contributed by atoms with Gasteiger partial charge in [-0.1, -0.05) is 12.1 Å². The fraction of sp³-hybridized carbons (Fsp3) is 0.562. The van der Waals surface area contributed by atoms with Crippen LogP contribution in [0.5, 0.6) is 5.75 Å². The van der Waals surface area contributed by atoms with Crippen molar-refractivity contribution in [3.63, 3.8) is 0 Å². The Morgan fingerprint density at radius 2 is 2.14 bits per heavy atom. The van der Waals surface area contributed by atoms with E-state index in [1.54, 1.807) is 7.11 Å². The molecule has 21 heavy (non-hydrogen) atoms. The van der Waals surface area contributed by atoms with Crippen molar-refractivity contribution < 1.29 is 4.74 Å². The fourth-order valence-corrected chi connectivity index (χ4v) is 2.35. The first-order valence-corrected chi connectivity index (χ1v) is 8.83. The summed E-state index contributed by atoms with van der Waals surface area (Å²) in [6.07, 6.45) is 4.56. The van der Waals surface area contributed by atoms with Gasteiger partial charge in [0.15, 0.2) is 5.96 Å². The Bertz CT molecular complexity index is 424. The zero-order valence-electron chi connectivity index (χ0n) is 13.3. The highest BCUT2D eigenvalue weighted by atomic mass is 32.2. The SMILES string of the molecule is CCNC(=NCc1cccc(OC)c1)NCCCCSC. The van der Waals surface area contributed by atoms with Gasteiger partial charge in [-0.2, -0.15) is 11.8 Å². The number of hydrogen-bond acceptors (Lipinski definition) is 3. The minimum atomic E-state index is 0.650. The van der Waals surface area contributed by atoms with Crippen LogP contribution < -0.4 is 15.4 Å². The van der Waals surface area contributed by atoms with E-state index in [1.165, 1.54) is 18.6 Å². The van der Waals surface area contributed by atoms with Gasteiger partial charge in [0.25, 0.3) is 0 Å². The number of aliphatic imine (C=N–C) groups is 1. The number of nitrogens with zero attached hydrogens (tertiary/aromatic N) is 1. The lowest BCUT2D eigenvalue weighted by Gasteiger charge is -2.11. The van der Waals surface area contributed by atoms with Crippen LogP contribution in [-0.2, 0) is 6.54 Å². The maximum atomic E-state index is 5.23. The van der Waals surface area contributed by atoms with E-state index in [1.807, 2.05) is 30.0 Å². The van der Waals surface area contributed by atoms with Crippen LogP contribution in [0.15, 0.2) is 29.3 Å². The summed E-state index contributed by atoms with van der Waals surface area (Å²) in [5.74, 6) is 2.97. The molecule has 2 N–H and O–H groups in total. The molecule has 0 saturated heterocycles. The number of hydrogen-bond donors (Lipinski definition) is 2. The number of methoxy groups -OCH3 is 1. The van der Waals surface area contributed by atoms with Gasteiger partial charge < -0.3 is 15.4 Å². The molecule has 1 aromatic carbocycles. The molecule has 1 aromatic rings. The second-order valence-corrected chi connectivity index (χ2v) is 5.66. The van der Waals surface area contributed by atoms with E-state index >= 15 is 0 Å². The molecule has 0 aromatic heterocycles. The molecule has 0 bridgehead atoms. The molecule has 0 aliphatic rings. The van der Waals surface area contributed by atoms with Crippen molar-refractivity contribution in [2.75, 3.05) is 32.2 Å². The first-order chi connectivity index (χ1) is 10.3. The minimum Gasteiger partial charge on any atom is -0.497 e. The Kier molecular flexibility index (Phi) is 9.53. The quantitative estimate of drug-likeness (QED) is 0.418. The smallest absolute Gasteiger partial charge is 0.191 e. The third-order valence-corrected chi connectivity index (χ3v) is 3.66. The molecular weight excluding hydrogens is 282 g/mol. The average Bonchev–Trinajstić information content (AvgIpc) is 2.52. The van der Waals surface area contributed by atoms with E-state index in [0.29, 0.717) is 6.54 Å². The van der Waals surface area contributed by atoms with Crippen molar-refractivity contribution in [2.45, 2.75) is 26.3 Å². The van der Waals surface area contributed by atoms with E-state index in [4.69, 9.17) is 4.74 Å². The van der Waals surface area contributed by atoms with E-state index in [2.05, 4.69) is 34.9 Å². The topological polar surface area (TPSA) is 45.7 Å². The predicted molar refractivity (Wildman–Crippen MR) is 93.4 cm³/mol. The molecule has 0 amide bonds. The zero-order chi connectivity index (χ0) is 15.3. The van der Waals surface area contributed by atoms with Crippen LogP contribution in [-0.4, -0.2) is 38.2 Å². The van der Waals surface area contributed by atoms with E-state index in [9.17, 15) is 0 Å². The molecular formula is C16H27N3OS. The number of benzene rings is 1. The number of nitrogens with one attached hydrogen (secondary N) is 2. The van der Waals surface area contributed by atoms with Crippen LogP contribution >= 0.6 is 11.8 Å². The summed E-state index contributed by atoms with van der Waals surface area (Å²) in [5.41, 5.74) is 1.15. The van der Waals surface area contributed by atoms with Crippen molar-refractivity contribution in [2.24, 2.45) is 4.99 Å². The van der Waals surface area contributed by atoms with Gasteiger partial charge in [0.1, 0.15) is 5.75 Å². The molecule has 0 atom stereocenters. The van der Waals surface area contributed by atoms with Crippen LogP contribution in [0.3, 0.4) is 0 Å². The van der Waals surface area contributed by atoms with Crippen molar-refractivity contribution in [3.05, 3.63) is 29.8 Å². The maximum Gasteiger partial charge on any atom is 0.191 e. The lowest BCUT2D eigenvalue weighted by atomic mass is 10.2. The highest BCUT2D eigenvalue weighted by Crippen LogP contribution is 2.13. The summed E-state index contributed by atoms with van der Waals surface area (Å²) in [5, 5.41) is 6.65. The molecule has 0 aliphatic carbocycles. The Balaban J connectivity index is 2.46. The summed E-state index contributed by atoms with van der Waals surface area (Å²) in [6, 6.07) is 8.02. The number of rotatable bonds is 9. The minimum absolute atomic E-state index is 0.650. The lowest BCUT2D eigenvalue weighted by molar-refractivity contribution is 0.414. The van der Waals surface area contributed by atoms with E-state index in [-0.39, 0.29) is 0 Å². The molecule has 0 unspecified atom stereocenters. The number of ether oxygens (including phenoxy) is 1. The molecule has 0 saturated carbocycles. The second kappa shape index (κ2) is 11.3. The summed E-state index contributed by atoms with van der Waals surface area (Å²) < 4.78 is 5.23. The largest absolute Gasteiger partial charge is 0.497 e. The number of thioether (sulfide) groups is 1. The molecule has 1 rings (SSSR count). The number of unbranched alkanes of at least 4 members (excludes halogenated alkanes) is 1. The Morgan fingerprint density at radius 1 is 1.29 bits per heavy atom. The second-order valence-electron chi connectivity index (χ2n) is 4.67. The molecule has 0 aliphatic heterocycles. The first kappa shape index (κ1) is 17.7. The van der Waals surface area contributed by atoms with Crippen LogP contribution in [0.4, 0.5) is 0 Å². The van der Waals surface area contributed by atoms with Gasteiger partial charge in [0, 0.05) is 13.1 Å². The summed E-state index contributed by atoms with van der Waals surface area (Å²) in [6.45, 7) is 4.56. The molecule has 118 valence electrons. The number of guanidine groups is 1. The third kappa shape index (κ3) is 7.85. The van der Waals surface area contributed by atoms with Crippen molar-refractivity contribution in [1.82, 2.24) is 10.6 Å². The maximum absolute atomic E-state index is 5.23. The molecule has 5 heteroatoms. The molecule has 0 fully saturated rings. The first-order valence-electron chi connectivity index (χ1n) is 7.44. The highest BCUT2D eigenvalue weighted by molar-refractivity contribution is 7.98. The van der Waals surface area contributed by atoms with Crippen LogP contribution in [0.25, 0.3) is 0 Å². The van der Waals surface area contributed by atoms with Crippen LogP contribution in [0.2, 0.25) is 0 Å². The predicted octanol–water partition coefficient (Wildman–Crippen LogP) is 2.89. The van der Waals surface area contributed by atoms with Gasteiger partial charge in [-0.3, -0.25) is 0 Å². The lowest BCUT2D eigenvalue weighted by Crippen LogP contribution is -2.37. The van der Waals surface area contributed by atoms with Gasteiger partial charge in [-0.25, -0.2) is 4.99 Å². The third-order valence-electron chi connectivity index (χ3n) is 2.97. The highest BCUT2D eigenvalue weighted by Gasteiger charge is 1.98. The standard InChI is InChI=1S/C16H27N3OS/c1-4-17-16(18-10-5-6-11-21-3)19-13-14-8-7-9-15(12-14)20-2/h7-9,12H,4-6,10-11,13H2,1-3H3,(H2,17,18,19). The summed E-state index contributed by atoms with van der Waals surface area (Å²) in [7, 11) is 1.68. The van der Waals surface area contributed by atoms with Crippen LogP contribution in [0, 0.1) is 0 Å². The molecule has 0 spiro atoms. The molecule has 0 radical (unpaired) electrons. The van der Waals surface area contributed by atoms with Gasteiger partial charge in [-0.05, 0) is 49.5 Å². The van der Waals surface area contributed by atoms with Gasteiger partial charge in [0.2, 0.25) is 0 Å². The molecule has 0 heterocycles. The van der Waals surface area contributed by atoms with E-state index < -0.39 is 0 Å². The Labute approximate surface area is 132 Å². The Hall–Kier alpha value is -1.36. The normalized spacial score (nSPS) is 11.3. The monoisotopic (exact) mass is 309 g/mol. The van der Waals surface area contributed by atoms with Crippen LogP contribution in [0.1, 0.15) is 25.3 Å². The zero-order valence-corrected chi connectivity index (χ0v) is 14.1. The van der Waals surface area contributed by atoms with Gasteiger partial charge in [-0.15, -0.1) is 0 Å². The van der Waals surface area contributed by atoms with Crippen molar-refractivity contribution in [3.8, 4) is 5.75 Å². The van der Waals surface area contributed by atoms with Gasteiger partial charge >= 0.3 is 0 Å². The molecule has 4 nitrogen and oxygen atoms in total. The summed E-state index contributed by atoms with van der Waals surface area (Å²) >= 11 is 1.90. The van der Waals surface area contributed by atoms with Crippen molar-refractivity contribution in [1.29, 1.82) is 0 Å². The Morgan fingerprint density at radius 3 is 2.86 bits per heavy atom. The summed E-state index contributed by atoms with van der Waals surface area (Å²) in [4.78, 5) is 4.61. The van der Waals surface area contributed by atoms with Gasteiger partial charge in [0.05, 0.1) is 13.7 Å². The average molecular weight is 309 g/mol.